The summed E-state index contributed by atoms with van der Waals surface area (Å²) < 4.78 is 27.5. The van der Waals surface area contributed by atoms with Gasteiger partial charge < -0.3 is 8.83 Å². The average Bonchev–Trinajstić information content (AvgIpc) is 2.94. The summed E-state index contributed by atoms with van der Waals surface area (Å²) in [6, 6.07) is 12.6. The van der Waals surface area contributed by atoms with Crippen LogP contribution >= 0.6 is 0 Å². The normalized spacial score (nSPS) is 17.8. The second-order valence-corrected chi connectivity index (χ2v) is 10.3. The highest BCUT2D eigenvalue weighted by atomic mass is 19.1. The third-order valence-electron chi connectivity index (χ3n) is 7.70. The first-order valence-corrected chi connectivity index (χ1v) is 13.6. The fraction of sp³-hybridized carbons (Fsp3) is 0.400. The average molecular weight is 516 g/mol. The van der Waals surface area contributed by atoms with Crippen LogP contribution in [0.25, 0.3) is 33.7 Å². The Hall–Kier alpha value is -3.81. The number of benzene rings is 2. The van der Waals surface area contributed by atoms with E-state index in [1.54, 1.807) is 28.8 Å². The molecular weight excluding hydrogens is 485 g/mol. The molecule has 2 aromatic carbocycles. The number of hydrogen-bond donors (Lipinski definition) is 0. The van der Waals surface area contributed by atoms with E-state index in [1.165, 1.54) is 30.7 Å². The lowest BCUT2D eigenvalue weighted by Gasteiger charge is -2.25. The second kappa shape index (κ2) is 10.5. The van der Waals surface area contributed by atoms with Crippen molar-refractivity contribution < 1.29 is 13.2 Å². The number of fused-ring (bicyclic) bond motifs is 1. The molecule has 0 N–H and O–H groups in total. The molecule has 0 spiro atoms. The molecule has 2 aliphatic rings. The zero-order valence-electron chi connectivity index (χ0n) is 21.2. The monoisotopic (exact) mass is 515 g/mol. The fourth-order valence-corrected chi connectivity index (χ4v) is 5.73. The molecule has 38 heavy (non-hydrogen) atoms. The van der Waals surface area contributed by atoms with Crippen LogP contribution in [0.2, 0.25) is 0 Å². The standard InChI is InChI=1S/C30H30FN3O4/c31-20-17-15-19(16-18-20)27-25(26-29(36)37-24-14-8-7-13-23(24)33-26)28(35)34(22-11-5-2-6-12-22)30(38-27)32-21-9-3-1-4-10-21/h7-8,13-18,21-22H,1-6,9-12H2. The van der Waals surface area contributed by atoms with E-state index in [0.29, 0.717) is 16.7 Å². The largest absolute Gasteiger partial charge is 0.424 e. The predicted octanol–water partition coefficient (Wildman–Crippen LogP) is 6.15. The lowest BCUT2D eigenvalue weighted by Crippen LogP contribution is -2.40. The van der Waals surface area contributed by atoms with Gasteiger partial charge in [0.05, 0.1) is 6.04 Å². The topological polar surface area (TPSA) is 90.6 Å². The minimum absolute atomic E-state index is 0.0179. The van der Waals surface area contributed by atoms with Crippen molar-refractivity contribution in [1.29, 1.82) is 0 Å². The minimum atomic E-state index is -0.730. The van der Waals surface area contributed by atoms with E-state index >= 15 is 0 Å². The van der Waals surface area contributed by atoms with Crippen molar-refractivity contribution >= 4 is 11.1 Å². The summed E-state index contributed by atoms with van der Waals surface area (Å²) in [5, 5.41) is 0. The van der Waals surface area contributed by atoms with Gasteiger partial charge >= 0.3 is 11.3 Å². The summed E-state index contributed by atoms with van der Waals surface area (Å²) in [6.07, 6.45) is 10.0. The van der Waals surface area contributed by atoms with Crippen molar-refractivity contribution in [2.24, 2.45) is 4.99 Å². The van der Waals surface area contributed by atoms with Crippen LogP contribution in [-0.4, -0.2) is 15.6 Å². The van der Waals surface area contributed by atoms with E-state index < -0.39 is 11.4 Å². The SMILES string of the molecule is O=c1oc2ccccc2nc1-c1c(-c2ccc(F)cc2)oc(=NC2CCCCC2)n(C2CCCCC2)c1=O. The highest BCUT2D eigenvalue weighted by Crippen LogP contribution is 2.31. The Morgan fingerprint density at radius 2 is 1.53 bits per heavy atom. The molecule has 0 atom stereocenters. The molecule has 0 amide bonds. The third kappa shape index (κ3) is 4.75. The van der Waals surface area contributed by atoms with Gasteiger partial charge in [-0.15, -0.1) is 0 Å². The van der Waals surface area contributed by atoms with Gasteiger partial charge in [-0.3, -0.25) is 9.36 Å². The van der Waals surface area contributed by atoms with Crippen molar-refractivity contribution in [3.05, 3.63) is 80.8 Å². The molecule has 4 aromatic rings. The van der Waals surface area contributed by atoms with Crippen molar-refractivity contribution in [2.75, 3.05) is 0 Å². The molecule has 2 fully saturated rings. The van der Waals surface area contributed by atoms with Gasteiger partial charge in [0.25, 0.3) is 5.56 Å². The number of aromatic nitrogens is 2. The summed E-state index contributed by atoms with van der Waals surface area (Å²) >= 11 is 0. The van der Waals surface area contributed by atoms with Crippen LogP contribution in [0.3, 0.4) is 0 Å². The van der Waals surface area contributed by atoms with Crippen molar-refractivity contribution in [3.8, 4) is 22.6 Å². The maximum absolute atomic E-state index is 14.4. The van der Waals surface area contributed by atoms with Gasteiger partial charge in [-0.2, -0.15) is 0 Å². The van der Waals surface area contributed by atoms with E-state index in [2.05, 4.69) is 4.98 Å². The lowest BCUT2D eigenvalue weighted by molar-refractivity contribution is 0.288. The van der Waals surface area contributed by atoms with Crippen LogP contribution in [0.4, 0.5) is 4.39 Å². The molecule has 0 radical (unpaired) electrons. The van der Waals surface area contributed by atoms with E-state index in [0.717, 1.165) is 57.8 Å². The van der Waals surface area contributed by atoms with Gasteiger partial charge in [0.1, 0.15) is 16.9 Å². The molecule has 0 unspecified atom stereocenters. The summed E-state index contributed by atoms with van der Waals surface area (Å²) in [4.78, 5) is 37.2. The first-order valence-electron chi connectivity index (χ1n) is 13.6. The van der Waals surface area contributed by atoms with E-state index in [1.807, 2.05) is 0 Å². The molecule has 0 saturated heterocycles. The number of para-hydroxylation sites is 2. The van der Waals surface area contributed by atoms with Crippen LogP contribution in [0.5, 0.6) is 0 Å². The van der Waals surface area contributed by atoms with Gasteiger partial charge in [0, 0.05) is 11.6 Å². The third-order valence-corrected chi connectivity index (χ3v) is 7.70. The Balaban J connectivity index is 1.67. The molecule has 0 aliphatic heterocycles. The highest BCUT2D eigenvalue weighted by molar-refractivity contribution is 5.80. The first kappa shape index (κ1) is 24.5. The van der Waals surface area contributed by atoms with Crippen molar-refractivity contribution in [3.63, 3.8) is 0 Å². The van der Waals surface area contributed by atoms with Gasteiger partial charge in [0.2, 0.25) is 0 Å². The van der Waals surface area contributed by atoms with Crippen molar-refractivity contribution in [1.82, 2.24) is 9.55 Å². The van der Waals surface area contributed by atoms with E-state index in [9.17, 15) is 14.0 Å². The Kier molecular flexibility index (Phi) is 6.79. The molecule has 2 aliphatic carbocycles. The molecule has 2 heterocycles. The lowest BCUT2D eigenvalue weighted by atomic mass is 9.95. The van der Waals surface area contributed by atoms with Gasteiger partial charge in [-0.05, 0) is 62.1 Å². The molecule has 196 valence electrons. The Morgan fingerprint density at radius 1 is 0.842 bits per heavy atom. The van der Waals surface area contributed by atoms with Crippen LogP contribution in [0.15, 0.2) is 71.9 Å². The van der Waals surface area contributed by atoms with Gasteiger partial charge in [-0.25, -0.2) is 19.2 Å². The van der Waals surface area contributed by atoms with Crippen LogP contribution in [-0.2, 0) is 0 Å². The van der Waals surface area contributed by atoms with Gasteiger partial charge in [-0.1, -0.05) is 50.7 Å². The maximum Gasteiger partial charge on any atom is 0.363 e. The molecule has 0 bridgehead atoms. The number of halogens is 1. The number of nitrogens with zero attached hydrogens (tertiary/aromatic N) is 3. The van der Waals surface area contributed by atoms with Crippen molar-refractivity contribution in [2.45, 2.75) is 76.3 Å². The minimum Gasteiger partial charge on any atom is -0.424 e. The predicted molar refractivity (Wildman–Crippen MR) is 142 cm³/mol. The summed E-state index contributed by atoms with van der Waals surface area (Å²) in [5.41, 5.74) is 0.295. The zero-order chi connectivity index (χ0) is 26.1. The quantitative estimate of drug-likeness (QED) is 0.325. The van der Waals surface area contributed by atoms with Crippen LogP contribution in [0, 0.1) is 5.82 Å². The molecule has 2 aromatic heterocycles. The zero-order valence-corrected chi connectivity index (χ0v) is 21.2. The number of hydrogen-bond acceptors (Lipinski definition) is 6. The Labute approximate surface area is 218 Å². The van der Waals surface area contributed by atoms with E-state index in [-0.39, 0.29) is 40.3 Å². The molecule has 6 rings (SSSR count). The smallest absolute Gasteiger partial charge is 0.363 e. The fourth-order valence-electron chi connectivity index (χ4n) is 5.73. The molecular formula is C30H30FN3O4. The summed E-state index contributed by atoms with van der Waals surface area (Å²) in [5.74, 6) is -0.270. The number of rotatable bonds is 4. The van der Waals surface area contributed by atoms with Crippen LogP contribution < -0.4 is 16.9 Å². The van der Waals surface area contributed by atoms with Gasteiger partial charge in [0.15, 0.2) is 17.0 Å². The Morgan fingerprint density at radius 3 is 2.26 bits per heavy atom. The molecule has 2 saturated carbocycles. The highest BCUT2D eigenvalue weighted by Gasteiger charge is 2.28. The first-order chi connectivity index (χ1) is 18.6. The Bertz CT molecular complexity index is 1640. The molecule has 7 nitrogen and oxygen atoms in total. The molecule has 8 heteroatoms. The summed E-state index contributed by atoms with van der Waals surface area (Å²) in [6.45, 7) is 0. The van der Waals surface area contributed by atoms with Crippen LogP contribution in [0.1, 0.15) is 70.3 Å². The summed E-state index contributed by atoms with van der Waals surface area (Å²) in [7, 11) is 0. The second-order valence-electron chi connectivity index (χ2n) is 10.3. The van der Waals surface area contributed by atoms with E-state index in [4.69, 9.17) is 13.8 Å². The maximum atomic E-state index is 14.4.